The summed E-state index contributed by atoms with van der Waals surface area (Å²) in [6.45, 7) is 0. The predicted molar refractivity (Wildman–Crippen MR) is 53.9 cm³/mol. The molecule has 4 heteroatoms. The Morgan fingerprint density at radius 2 is 2.07 bits per heavy atom. The van der Waals surface area contributed by atoms with Crippen LogP contribution in [0.1, 0.15) is 5.56 Å². The lowest BCUT2D eigenvalue weighted by molar-refractivity contribution is 0.406. The first-order valence-electron chi connectivity index (χ1n) is 4.10. The van der Waals surface area contributed by atoms with Crippen LogP contribution < -0.4 is 4.74 Å². The maximum absolute atomic E-state index is 9.52. The summed E-state index contributed by atoms with van der Waals surface area (Å²) in [7, 11) is 1.45. The molecular formula is C11H8N2O2. The van der Waals surface area contributed by atoms with E-state index in [-0.39, 0.29) is 11.3 Å². The number of methoxy groups -OCH3 is 1. The molecule has 1 N–H and O–H groups in total. The quantitative estimate of drug-likeness (QED) is 0.739. The normalized spacial score (nSPS) is 8.47. The summed E-state index contributed by atoms with van der Waals surface area (Å²) >= 11 is 0. The van der Waals surface area contributed by atoms with E-state index in [1.165, 1.54) is 19.3 Å². The Bertz CT molecular complexity index is 462. The van der Waals surface area contributed by atoms with Gasteiger partial charge in [-0.3, -0.25) is 0 Å². The first-order chi connectivity index (χ1) is 7.22. The van der Waals surface area contributed by atoms with Gasteiger partial charge in [0, 0.05) is 0 Å². The van der Waals surface area contributed by atoms with Crippen LogP contribution >= 0.6 is 0 Å². The molecule has 74 valence electrons. The molecule has 0 fully saturated rings. The number of phenolic OH excluding ortho intramolecular Hbond substituents is 1. The van der Waals surface area contributed by atoms with Crippen molar-refractivity contribution in [2.45, 2.75) is 0 Å². The second-order valence-electron chi connectivity index (χ2n) is 2.67. The largest absolute Gasteiger partial charge is 0.507 e. The highest BCUT2D eigenvalue weighted by Crippen LogP contribution is 2.29. The monoisotopic (exact) mass is 200 g/mol. The maximum atomic E-state index is 9.52. The second-order valence-corrected chi connectivity index (χ2v) is 2.67. The third-order valence-corrected chi connectivity index (χ3v) is 1.79. The summed E-state index contributed by atoms with van der Waals surface area (Å²) in [5.74, 6) is 0.385. The van der Waals surface area contributed by atoms with Crippen molar-refractivity contribution in [1.29, 1.82) is 10.5 Å². The van der Waals surface area contributed by atoms with Crippen molar-refractivity contribution in [1.82, 2.24) is 0 Å². The number of aromatic hydroxyl groups is 1. The van der Waals surface area contributed by atoms with Gasteiger partial charge in [0.25, 0.3) is 0 Å². The lowest BCUT2D eigenvalue weighted by Gasteiger charge is -2.05. The summed E-state index contributed by atoms with van der Waals surface area (Å²) in [5.41, 5.74) is 0.243. The third kappa shape index (κ3) is 2.26. The van der Waals surface area contributed by atoms with Crippen LogP contribution in [0.5, 0.6) is 11.5 Å². The molecule has 0 aliphatic heterocycles. The topological polar surface area (TPSA) is 77.0 Å². The molecule has 0 amide bonds. The van der Waals surface area contributed by atoms with E-state index in [4.69, 9.17) is 15.3 Å². The predicted octanol–water partition coefficient (Wildman–Crippen LogP) is 1.83. The molecule has 0 spiro atoms. The van der Waals surface area contributed by atoms with Gasteiger partial charge in [0.15, 0.2) is 0 Å². The van der Waals surface area contributed by atoms with Gasteiger partial charge >= 0.3 is 0 Å². The van der Waals surface area contributed by atoms with Crippen LogP contribution in [0.3, 0.4) is 0 Å². The van der Waals surface area contributed by atoms with Gasteiger partial charge in [-0.2, -0.15) is 10.5 Å². The van der Waals surface area contributed by atoms with Crippen LogP contribution in [0.25, 0.3) is 6.08 Å². The Morgan fingerprint density at radius 1 is 1.40 bits per heavy atom. The molecule has 0 aromatic heterocycles. The summed E-state index contributed by atoms with van der Waals surface area (Å²) < 4.78 is 4.99. The molecule has 4 nitrogen and oxygen atoms in total. The fourth-order valence-corrected chi connectivity index (χ4v) is 1.09. The Balaban J connectivity index is 3.32. The number of ether oxygens (including phenoxy) is 1. The zero-order valence-electron chi connectivity index (χ0n) is 8.06. The molecule has 15 heavy (non-hydrogen) atoms. The number of nitriles is 2. The molecule has 0 saturated carbocycles. The van der Waals surface area contributed by atoms with Gasteiger partial charge in [-0.1, -0.05) is 6.07 Å². The number of hydrogen-bond acceptors (Lipinski definition) is 4. The number of allylic oxidation sites excluding steroid dienone is 1. The van der Waals surface area contributed by atoms with Crippen molar-refractivity contribution in [2.24, 2.45) is 0 Å². The van der Waals surface area contributed by atoms with Gasteiger partial charge < -0.3 is 9.84 Å². The van der Waals surface area contributed by atoms with Crippen LogP contribution in [0, 0.1) is 22.7 Å². The SMILES string of the molecule is COc1cccc(O)c1C=C(C#N)C#N. The molecule has 1 rings (SSSR count). The van der Waals surface area contributed by atoms with Gasteiger partial charge in [0.05, 0.1) is 12.7 Å². The number of rotatable bonds is 2. The van der Waals surface area contributed by atoms with Gasteiger partial charge in [0.1, 0.15) is 29.2 Å². The summed E-state index contributed by atoms with van der Waals surface area (Å²) in [6, 6.07) is 8.14. The fraction of sp³-hybridized carbons (Fsp3) is 0.0909. The minimum absolute atomic E-state index is 0.0302. The van der Waals surface area contributed by atoms with E-state index in [1.54, 1.807) is 24.3 Å². The van der Waals surface area contributed by atoms with Crippen LogP contribution in [0.15, 0.2) is 23.8 Å². The minimum atomic E-state index is -0.0881. The van der Waals surface area contributed by atoms with Crippen LogP contribution in [-0.2, 0) is 0 Å². The van der Waals surface area contributed by atoms with Crippen molar-refractivity contribution >= 4 is 6.08 Å². The minimum Gasteiger partial charge on any atom is -0.507 e. The Kier molecular flexibility index (Phi) is 3.32. The molecular weight excluding hydrogens is 192 g/mol. The molecule has 0 aliphatic carbocycles. The molecule has 0 heterocycles. The Morgan fingerprint density at radius 3 is 2.60 bits per heavy atom. The highest BCUT2D eigenvalue weighted by atomic mass is 16.5. The molecule has 0 unspecified atom stereocenters. The molecule has 0 bridgehead atoms. The number of nitrogens with zero attached hydrogens (tertiary/aromatic N) is 2. The molecule has 0 saturated heterocycles. The highest BCUT2D eigenvalue weighted by Gasteiger charge is 2.06. The van der Waals surface area contributed by atoms with Crippen molar-refractivity contribution in [3.05, 3.63) is 29.3 Å². The van der Waals surface area contributed by atoms with Gasteiger partial charge in [-0.15, -0.1) is 0 Å². The average Bonchev–Trinajstić information content (AvgIpc) is 2.27. The lowest BCUT2D eigenvalue weighted by atomic mass is 10.1. The van der Waals surface area contributed by atoms with Gasteiger partial charge in [-0.25, -0.2) is 0 Å². The molecule has 1 aromatic rings. The fourth-order valence-electron chi connectivity index (χ4n) is 1.09. The molecule has 0 radical (unpaired) electrons. The maximum Gasteiger partial charge on any atom is 0.130 e. The lowest BCUT2D eigenvalue weighted by Crippen LogP contribution is -1.87. The van der Waals surface area contributed by atoms with Crippen LogP contribution in [-0.4, -0.2) is 12.2 Å². The highest BCUT2D eigenvalue weighted by molar-refractivity contribution is 5.70. The van der Waals surface area contributed by atoms with Crippen molar-refractivity contribution in [2.75, 3.05) is 7.11 Å². The zero-order valence-corrected chi connectivity index (χ0v) is 8.06. The number of benzene rings is 1. The first kappa shape index (κ1) is 10.6. The van der Waals surface area contributed by atoms with E-state index in [0.29, 0.717) is 11.3 Å². The van der Waals surface area contributed by atoms with E-state index < -0.39 is 0 Å². The Labute approximate surface area is 87.3 Å². The summed E-state index contributed by atoms with van der Waals surface area (Å²) in [4.78, 5) is 0. The van der Waals surface area contributed by atoms with E-state index in [1.807, 2.05) is 0 Å². The number of hydrogen-bond donors (Lipinski definition) is 1. The molecule has 0 atom stereocenters. The van der Waals surface area contributed by atoms with Crippen molar-refractivity contribution < 1.29 is 9.84 Å². The Hall–Kier alpha value is -2.46. The zero-order chi connectivity index (χ0) is 11.3. The standard InChI is InChI=1S/C11H8N2O2/c1-15-11-4-2-3-10(14)9(11)5-8(6-12)7-13/h2-5,14H,1H3. The van der Waals surface area contributed by atoms with Crippen LogP contribution in [0.2, 0.25) is 0 Å². The smallest absolute Gasteiger partial charge is 0.130 e. The molecule has 0 aliphatic rings. The summed E-state index contributed by atoms with van der Waals surface area (Å²) in [6.07, 6.45) is 1.29. The van der Waals surface area contributed by atoms with Gasteiger partial charge in [-0.05, 0) is 18.2 Å². The first-order valence-corrected chi connectivity index (χ1v) is 4.10. The van der Waals surface area contributed by atoms with Gasteiger partial charge in [0.2, 0.25) is 0 Å². The van der Waals surface area contributed by atoms with E-state index in [9.17, 15) is 5.11 Å². The third-order valence-electron chi connectivity index (χ3n) is 1.79. The van der Waals surface area contributed by atoms with Crippen LogP contribution in [0.4, 0.5) is 0 Å². The van der Waals surface area contributed by atoms with E-state index in [0.717, 1.165) is 0 Å². The average molecular weight is 200 g/mol. The van der Waals surface area contributed by atoms with Crippen molar-refractivity contribution in [3.8, 4) is 23.6 Å². The second kappa shape index (κ2) is 4.69. The number of phenols is 1. The van der Waals surface area contributed by atoms with E-state index >= 15 is 0 Å². The summed E-state index contributed by atoms with van der Waals surface area (Å²) in [5, 5.41) is 26.7. The molecule has 1 aromatic carbocycles. The van der Waals surface area contributed by atoms with Crippen molar-refractivity contribution in [3.63, 3.8) is 0 Å². The van der Waals surface area contributed by atoms with E-state index in [2.05, 4.69) is 0 Å².